The molecule has 2 aromatic carbocycles. The molecule has 0 aliphatic rings. The summed E-state index contributed by atoms with van der Waals surface area (Å²) < 4.78 is 0. The fourth-order valence-corrected chi connectivity index (χ4v) is 2.47. The molecule has 0 heterocycles. The number of rotatable bonds is 4. The van der Waals surface area contributed by atoms with Gasteiger partial charge in [0.1, 0.15) is 0 Å². The van der Waals surface area contributed by atoms with E-state index in [0.717, 1.165) is 5.56 Å². The Morgan fingerprint density at radius 2 is 1.86 bits per heavy atom. The molecule has 0 fully saturated rings. The molecule has 0 aliphatic heterocycles. The second-order valence-electron chi connectivity index (χ2n) is 5.42. The summed E-state index contributed by atoms with van der Waals surface area (Å²) in [5, 5.41) is 0. The average Bonchev–Trinajstić information content (AvgIpc) is 2.40. The molecule has 0 unspecified atom stereocenters. The Bertz CT molecular complexity index is 680. The minimum absolute atomic E-state index is 0.436. The smallest absolute Gasteiger partial charge is 0.248 e. The third kappa shape index (κ3) is 3.34. The number of primary amides is 1. The highest BCUT2D eigenvalue weighted by molar-refractivity contribution is 5.93. The van der Waals surface area contributed by atoms with Crippen molar-refractivity contribution in [2.24, 2.45) is 5.73 Å². The zero-order valence-electron chi connectivity index (χ0n) is 12.7. The quantitative estimate of drug-likeness (QED) is 0.847. The van der Waals surface area contributed by atoms with Crippen molar-refractivity contribution in [3.05, 3.63) is 58.7 Å². The van der Waals surface area contributed by atoms with E-state index in [1.807, 2.05) is 13.1 Å². The number of nitrogens with two attached hydrogens (primary N) is 2. The van der Waals surface area contributed by atoms with Gasteiger partial charge in [0.05, 0.1) is 0 Å². The predicted molar refractivity (Wildman–Crippen MR) is 87.4 cm³/mol. The van der Waals surface area contributed by atoms with Crippen LogP contribution in [-0.4, -0.2) is 13.0 Å². The van der Waals surface area contributed by atoms with Crippen LogP contribution >= 0.6 is 0 Å². The van der Waals surface area contributed by atoms with E-state index in [0.29, 0.717) is 17.8 Å². The van der Waals surface area contributed by atoms with Crippen LogP contribution in [0.5, 0.6) is 0 Å². The van der Waals surface area contributed by atoms with Crippen molar-refractivity contribution in [2.75, 3.05) is 17.7 Å². The summed E-state index contributed by atoms with van der Waals surface area (Å²) >= 11 is 0. The number of anilines is 2. The molecule has 0 saturated heterocycles. The molecule has 0 spiro atoms. The zero-order chi connectivity index (χ0) is 15.6. The first-order valence-electron chi connectivity index (χ1n) is 6.85. The Labute approximate surface area is 125 Å². The van der Waals surface area contributed by atoms with Gasteiger partial charge in [0.25, 0.3) is 0 Å². The largest absolute Gasteiger partial charge is 0.398 e. The maximum absolute atomic E-state index is 11.1. The lowest BCUT2D eigenvalue weighted by molar-refractivity contribution is 0.100. The fourth-order valence-electron chi connectivity index (χ4n) is 2.47. The lowest BCUT2D eigenvalue weighted by Gasteiger charge is -2.23. The average molecular weight is 283 g/mol. The Kier molecular flexibility index (Phi) is 4.17. The van der Waals surface area contributed by atoms with Crippen LogP contribution in [0.2, 0.25) is 0 Å². The van der Waals surface area contributed by atoms with Crippen molar-refractivity contribution in [3.63, 3.8) is 0 Å². The van der Waals surface area contributed by atoms with Gasteiger partial charge in [-0.15, -0.1) is 0 Å². The minimum atomic E-state index is -0.462. The molecular formula is C17H21N3O. The highest BCUT2D eigenvalue weighted by atomic mass is 16.1. The molecule has 4 heteroatoms. The van der Waals surface area contributed by atoms with Crippen LogP contribution in [0.1, 0.15) is 27.0 Å². The summed E-state index contributed by atoms with van der Waals surface area (Å²) in [6.07, 6.45) is 0. The first kappa shape index (κ1) is 14.9. The first-order valence-corrected chi connectivity index (χ1v) is 6.85. The standard InChI is InChI=1S/C17H21N3O/c1-11-4-7-16(12(2)8-11)20(3)10-14-6-5-13(17(19)21)9-15(14)18/h4-9H,10,18H2,1-3H3,(H2,19,21). The number of nitrogen functional groups attached to an aromatic ring is 1. The predicted octanol–water partition coefficient (Wildman–Crippen LogP) is 2.62. The number of benzene rings is 2. The summed E-state index contributed by atoms with van der Waals surface area (Å²) in [6.45, 7) is 4.85. The Morgan fingerprint density at radius 3 is 2.43 bits per heavy atom. The van der Waals surface area contributed by atoms with Crippen LogP contribution < -0.4 is 16.4 Å². The van der Waals surface area contributed by atoms with E-state index in [9.17, 15) is 4.79 Å². The molecule has 4 N–H and O–H groups in total. The van der Waals surface area contributed by atoms with Crippen molar-refractivity contribution in [1.82, 2.24) is 0 Å². The number of hydrogen-bond acceptors (Lipinski definition) is 3. The van der Waals surface area contributed by atoms with Gasteiger partial charge in [-0.05, 0) is 43.2 Å². The van der Waals surface area contributed by atoms with Crippen molar-refractivity contribution < 1.29 is 4.79 Å². The summed E-state index contributed by atoms with van der Waals surface area (Å²) in [4.78, 5) is 13.3. The van der Waals surface area contributed by atoms with E-state index >= 15 is 0 Å². The Morgan fingerprint density at radius 1 is 1.14 bits per heavy atom. The van der Waals surface area contributed by atoms with Crippen LogP contribution in [0.3, 0.4) is 0 Å². The fraction of sp³-hybridized carbons (Fsp3) is 0.235. The third-order valence-electron chi connectivity index (χ3n) is 3.60. The zero-order valence-corrected chi connectivity index (χ0v) is 12.7. The Hall–Kier alpha value is -2.49. The van der Waals surface area contributed by atoms with Gasteiger partial charge in [0, 0.05) is 30.5 Å². The number of nitrogens with zero attached hydrogens (tertiary/aromatic N) is 1. The molecule has 0 radical (unpaired) electrons. The first-order chi connectivity index (χ1) is 9.88. The number of carbonyl (C=O) groups excluding carboxylic acids is 1. The summed E-state index contributed by atoms with van der Waals surface area (Å²) in [5.41, 5.74) is 16.9. The van der Waals surface area contributed by atoms with Crippen LogP contribution in [0, 0.1) is 13.8 Å². The molecule has 21 heavy (non-hydrogen) atoms. The molecule has 0 bridgehead atoms. The highest BCUT2D eigenvalue weighted by Gasteiger charge is 2.09. The normalized spacial score (nSPS) is 10.4. The number of amides is 1. The second-order valence-corrected chi connectivity index (χ2v) is 5.42. The van der Waals surface area contributed by atoms with Gasteiger partial charge in [-0.25, -0.2) is 0 Å². The SMILES string of the molecule is Cc1ccc(N(C)Cc2ccc(C(N)=O)cc2N)c(C)c1. The van der Waals surface area contributed by atoms with E-state index in [1.54, 1.807) is 12.1 Å². The van der Waals surface area contributed by atoms with E-state index in [4.69, 9.17) is 11.5 Å². The van der Waals surface area contributed by atoms with Gasteiger partial charge in [0.15, 0.2) is 0 Å². The van der Waals surface area contributed by atoms with Crippen molar-refractivity contribution in [2.45, 2.75) is 20.4 Å². The molecule has 1 amide bonds. The maximum Gasteiger partial charge on any atom is 0.248 e. The Balaban J connectivity index is 2.23. The number of hydrogen-bond donors (Lipinski definition) is 2. The van der Waals surface area contributed by atoms with Gasteiger partial charge in [-0.3, -0.25) is 4.79 Å². The summed E-state index contributed by atoms with van der Waals surface area (Å²) in [6, 6.07) is 11.6. The topological polar surface area (TPSA) is 72.3 Å². The van der Waals surface area contributed by atoms with Crippen LogP contribution in [-0.2, 0) is 6.54 Å². The van der Waals surface area contributed by atoms with E-state index < -0.39 is 5.91 Å². The van der Waals surface area contributed by atoms with Gasteiger partial charge >= 0.3 is 0 Å². The van der Waals surface area contributed by atoms with Crippen molar-refractivity contribution in [3.8, 4) is 0 Å². The lowest BCUT2D eigenvalue weighted by Crippen LogP contribution is -2.19. The molecule has 0 atom stereocenters. The molecule has 0 saturated carbocycles. The third-order valence-corrected chi connectivity index (χ3v) is 3.60. The maximum atomic E-state index is 11.1. The van der Waals surface area contributed by atoms with Crippen LogP contribution in [0.15, 0.2) is 36.4 Å². The summed E-state index contributed by atoms with van der Waals surface area (Å²) in [5.74, 6) is -0.462. The van der Waals surface area contributed by atoms with Gasteiger partial charge in [0.2, 0.25) is 5.91 Å². The second kappa shape index (κ2) is 5.87. The van der Waals surface area contributed by atoms with Gasteiger partial charge < -0.3 is 16.4 Å². The van der Waals surface area contributed by atoms with Gasteiger partial charge in [-0.1, -0.05) is 23.8 Å². The molecule has 110 valence electrons. The van der Waals surface area contributed by atoms with Gasteiger partial charge in [-0.2, -0.15) is 0 Å². The van der Waals surface area contributed by atoms with E-state index in [1.165, 1.54) is 16.8 Å². The lowest BCUT2D eigenvalue weighted by atomic mass is 10.1. The monoisotopic (exact) mass is 283 g/mol. The van der Waals surface area contributed by atoms with E-state index in [-0.39, 0.29) is 0 Å². The van der Waals surface area contributed by atoms with Crippen LogP contribution in [0.25, 0.3) is 0 Å². The molecule has 0 aromatic heterocycles. The molecule has 4 nitrogen and oxygen atoms in total. The van der Waals surface area contributed by atoms with E-state index in [2.05, 4.69) is 36.9 Å². The minimum Gasteiger partial charge on any atom is -0.398 e. The van der Waals surface area contributed by atoms with Crippen molar-refractivity contribution >= 4 is 17.3 Å². The number of aryl methyl sites for hydroxylation is 2. The highest BCUT2D eigenvalue weighted by Crippen LogP contribution is 2.23. The van der Waals surface area contributed by atoms with Crippen molar-refractivity contribution in [1.29, 1.82) is 0 Å². The number of carbonyl (C=O) groups is 1. The molecule has 2 aromatic rings. The molecule has 0 aliphatic carbocycles. The summed E-state index contributed by atoms with van der Waals surface area (Å²) in [7, 11) is 2.03. The van der Waals surface area contributed by atoms with Crippen LogP contribution in [0.4, 0.5) is 11.4 Å². The molecule has 2 rings (SSSR count). The molecular weight excluding hydrogens is 262 g/mol.